The molecular weight excluding hydrogens is 232 g/mol. The van der Waals surface area contributed by atoms with Gasteiger partial charge in [0, 0.05) is 6.54 Å². The second-order valence-corrected chi connectivity index (χ2v) is 4.89. The number of hydrogen-bond acceptors (Lipinski definition) is 5. The van der Waals surface area contributed by atoms with Crippen molar-refractivity contribution in [1.82, 2.24) is 0 Å². The molecule has 1 unspecified atom stereocenters. The van der Waals surface area contributed by atoms with Crippen LogP contribution in [0.5, 0.6) is 5.75 Å². The zero-order chi connectivity index (χ0) is 13.8. The molecule has 0 aliphatic carbocycles. The van der Waals surface area contributed by atoms with Crippen LogP contribution in [0.2, 0.25) is 0 Å². The summed E-state index contributed by atoms with van der Waals surface area (Å²) in [6, 6.07) is 5.42. The molecule has 18 heavy (non-hydrogen) atoms. The SMILES string of the molecule is CC(C)Oc1cccc(NCC(C)(O)CO)c1N. The van der Waals surface area contributed by atoms with Gasteiger partial charge in [-0.2, -0.15) is 0 Å². The Hall–Kier alpha value is -1.46. The van der Waals surface area contributed by atoms with Crippen molar-refractivity contribution in [3.05, 3.63) is 18.2 Å². The highest BCUT2D eigenvalue weighted by atomic mass is 16.5. The zero-order valence-electron chi connectivity index (χ0n) is 11.1. The standard InChI is InChI=1S/C13H22N2O3/c1-9(2)18-11-6-4-5-10(12(11)14)15-7-13(3,17)8-16/h4-6,9,15-17H,7-8,14H2,1-3H3. The third-order valence-corrected chi connectivity index (χ3v) is 2.43. The molecule has 0 saturated heterocycles. The van der Waals surface area contributed by atoms with E-state index in [9.17, 15) is 5.11 Å². The predicted octanol–water partition coefficient (Wildman–Crippen LogP) is 1.21. The smallest absolute Gasteiger partial charge is 0.144 e. The van der Waals surface area contributed by atoms with Crippen molar-refractivity contribution >= 4 is 11.4 Å². The summed E-state index contributed by atoms with van der Waals surface area (Å²) in [7, 11) is 0. The molecule has 5 N–H and O–H groups in total. The van der Waals surface area contributed by atoms with E-state index in [0.29, 0.717) is 17.1 Å². The lowest BCUT2D eigenvalue weighted by atomic mass is 10.1. The van der Waals surface area contributed by atoms with E-state index in [2.05, 4.69) is 5.32 Å². The molecule has 1 aromatic carbocycles. The first-order valence-corrected chi connectivity index (χ1v) is 5.98. The van der Waals surface area contributed by atoms with Gasteiger partial charge in [-0.3, -0.25) is 0 Å². The zero-order valence-corrected chi connectivity index (χ0v) is 11.1. The summed E-state index contributed by atoms with van der Waals surface area (Å²) in [5.41, 5.74) is 5.97. The minimum absolute atomic E-state index is 0.0445. The molecule has 0 saturated carbocycles. The molecule has 0 aliphatic rings. The highest BCUT2D eigenvalue weighted by Crippen LogP contribution is 2.30. The van der Waals surface area contributed by atoms with Gasteiger partial charge in [0.05, 0.1) is 24.1 Å². The minimum atomic E-state index is -1.18. The van der Waals surface area contributed by atoms with Gasteiger partial charge in [-0.25, -0.2) is 0 Å². The van der Waals surface area contributed by atoms with Gasteiger partial charge in [0.2, 0.25) is 0 Å². The van der Waals surface area contributed by atoms with Crippen LogP contribution in [0.3, 0.4) is 0 Å². The molecule has 0 radical (unpaired) electrons. The predicted molar refractivity (Wildman–Crippen MR) is 72.8 cm³/mol. The van der Waals surface area contributed by atoms with Gasteiger partial charge >= 0.3 is 0 Å². The van der Waals surface area contributed by atoms with Gasteiger partial charge in [-0.05, 0) is 32.9 Å². The first-order chi connectivity index (χ1) is 8.35. The van der Waals surface area contributed by atoms with Crippen LogP contribution in [-0.4, -0.2) is 35.1 Å². The average molecular weight is 254 g/mol. The Bertz CT molecular complexity index is 392. The summed E-state index contributed by atoms with van der Waals surface area (Å²) in [4.78, 5) is 0. The molecule has 0 spiro atoms. The van der Waals surface area contributed by atoms with Crippen LogP contribution in [0.1, 0.15) is 20.8 Å². The van der Waals surface area contributed by atoms with Crippen LogP contribution >= 0.6 is 0 Å². The average Bonchev–Trinajstić information content (AvgIpc) is 2.30. The van der Waals surface area contributed by atoms with Crippen molar-refractivity contribution in [1.29, 1.82) is 0 Å². The summed E-state index contributed by atoms with van der Waals surface area (Å²) in [5, 5.41) is 21.7. The number of rotatable bonds is 6. The molecule has 0 heterocycles. The lowest BCUT2D eigenvalue weighted by Gasteiger charge is -2.22. The van der Waals surface area contributed by atoms with Crippen LogP contribution in [-0.2, 0) is 0 Å². The summed E-state index contributed by atoms with van der Waals surface area (Å²) in [6.07, 6.45) is 0.0445. The number of nitrogens with one attached hydrogen (secondary N) is 1. The van der Waals surface area contributed by atoms with Crippen molar-refractivity contribution in [2.45, 2.75) is 32.5 Å². The minimum Gasteiger partial charge on any atom is -0.489 e. The van der Waals surface area contributed by atoms with Crippen molar-refractivity contribution in [2.24, 2.45) is 0 Å². The highest BCUT2D eigenvalue weighted by Gasteiger charge is 2.19. The molecule has 1 atom stereocenters. The van der Waals surface area contributed by atoms with Gasteiger partial charge in [-0.1, -0.05) is 6.07 Å². The van der Waals surface area contributed by atoms with Crippen LogP contribution < -0.4 is 15.8 Å². The van der Waals surface area contributed by atoms with E-state index >= 15 is 0 Å². The first-order valence-electron chi connectivity index (χ1n) is 5.98. The fourth-order valence-corrected chi connectivity index (χ4v) is 1.40. The summed E-state index contributed by atoms with van der Waals surface area (Å²) in [6.45, 7) is 5.29. The number of benzene rings is 1. The fourth-order valence-electron chi connectivity index (χ4n) is 1.40. The molecule has 0 aliphatic heterocycles. The Morgan fingerprint density at radius 3 is 2.67 bits per heavy atom. The van der Waals surface area contributed by atoms with Crippen LogP contribution in [0.25, 0.3) is 0 Å². The molecule has 0 fully saturated rings. The van der Waals surface area contributed by atoms with E-state index in [0.717, 1.165) is 0 Å². The van der Waals surface area contributed by atoms with E-state index in [1.165, 1.54) is 0 Å². The van der Waals surface area contributed by atoms with Crippen LogP contribution in [0, 0.1) is 0 Å². The van der Waals surface area contributed by atoms with Gasteiger partial charge < -0.3 is 26.0 Å². The number of anilines is 2. The fraction of sp³-hybridized carbons (Fsp3) is 0.538. The van der Waals surface area contributed by atoms with E-state index < -0.39 is 5.60 Å². The van der Waals surface area contributed by atoms with Crippen molar-refractivity contribution in [3.8, 4) is 5.75 Å². The maximum absolute atomic E-state index is 9.71. The largest absolute Gasteiger partial charge is 0.489 e. The molecular formula is C13H22N2O3. The van der Waals surface area contributed by atoms with Gasteiger partial charge in [0.15, 0.2) is 0 Å². The molecule has 0 bridgehead atoms. The second-order valence-electron chi connectivity index (χ2n) is 4.89. The third-order valence-electron chi connectivity index (χ3n) is 2.43. The Labute approximate surface area is 108 Å². The maximum Gasteiger partial charge on any atom is 0.144 e. The third kappa shape index (κ3) is 4.09. The monoisotopic (exact) mass is 254 g/mol. The molecule has 5 heteroatoms. The summed E-state index contributed by atoms with van der Waals surface area (Å²) in [5.74, 6) is 0.610. The van der Waals surface area contributed by atoms with Gasteiger partial charge in [0.25, 0.3) is 0 Å². The number of aliphatic hydroxyl groups excluding tert-OH is 1. The second kappa shape index (κ2) is 5.93. The topological polar surface area (TPSA) is 87.7 Å². The Morgan fingerprint density at radius 2 is 2.11 bits per heavy atom. The van der Waals surface area contributed by atoms with Crippen LogP contribution in [0.15, 0.2) is 18.2 Å². The van der Waals surface area contributed by atoms with E-state index in [-0.39, 0.29) is 19.3 Å². The molecule has 1 rings (SSSR count). The van der Waals surface area contributed by atoms with Gasteiger partial charge in [-0.15, -0.1) is 0 Å². The quantitative estimate of drug-likeness (QED) is 0.573. The Morgan fingerprint density at radius 1 is 1.44 bits per heavy atom. The van der Waals surface area contributed by atoms with Crippen molar-refractivity contribution in [3.63, 3.8) is 0 Å². The van der Waals surface area contributed by atoms with E-state index in [1.54, 1.807) is 19.1 Å². The van der Waals surface area contributed by atoms with E-state index in [1.807, 2.05) is 19.9 Å². The van der Waals surface area contributed by atoms with Crippen molar-refractivity contribution in [2.75, 3.05) is 24.2 Å². The van der Waals surface area contributed by atoms with Crippen LogP contribution in [0.4, 0.5) is 11.4 Å². The molecule has 5 nitrogen and oxygen atoms in total. The number of ether oxygens (including phenoxy) is 1. The molecule has 0 amide bonds. The molecule has 1 aromatic rings. The molecule has 0 aromatic heterocycles. The number of nitrogen functional groups attached to an aromatic ring is 1. The van der Waals surface area contributed by atoms with Gasteiger partial charge in [0.1, 0.15) is 11.4 Å². The summed E-state index contributed by atoms with van der Waals surface area (Å²) >= 11 is 0. The maximum atomic E-state index is 9.71. The Kier molecular flexibility index (Phi) is 4.81. The lowest BCUT2D eigenvalue weighted by molar-refractivity contribution is 0.0132. The molecule has 102 valence electrons. The number of hydrogen-bond donors (Lipinski definition) is 4. The number of para-hydroxylation sites is 1. The summed E-state index contributed by atoms with van der Waals surface area (Å²) < 4.78 is 5.57. The number of aliphatic hydroxyl groups is 2. The first kappa shape index (κ1) is 14.6. The lowest BCUT2D eigenvalue weighted by Crippen LogP contribution is -2.37. The number of nitrogens with two attached hydrogens (primary N) is 1. The Balaban J connectivity index is 2.78. The normalized spacial score (nSPS) is 14.3. The highest BCUT2D eigenvalue weighted by molar-refractivity contribution is 5.73. The van der Waals surface area contributed by atoms with Crippen molar-refractivity contribution < 1.29 is 14.9 Å². The van der Waals surface area contributed by atoms with E-state index in [4.69, 9.17) is 15.6 Å².